The molecule has 0 bridgehead atoms. The van der Waals surface area contributed by atoms with Gasteiger partial charge in [-0.05, 0) is 61.1 Å². The molecule has 1 fully saturated rings. The van der Waals surface area contributed by atoms with Crippen LogP contribution in [-0.2, 0) is 32.6 Å². The van der Waals surface area contributed by atoms with Crippen molar-refractivity contribution < 1.29 is 22.7 Å². The third-order valence-electron chi connectivity index (χ3n) is 7.62. The van der Waals surface area contributed by atoms with Crippen LogP contribution >= 0.6 is 0 Å². The van der Waals surface area contributed by atoms with Crippen LogP contribution in [0.15, 0.2) is 84.9 Å². The first-order chi connectivity index (χ1) is 20.2. The Kier molecular flexibility index (Phi) is 11.0. The summed E-state index contributed by atoms with van der Waals surface area (Å²) in [5.74, 6) is -0.0210. The van der Waals surface area contributed by atoms with E-state index in [4.69, 9.17) is 4.74 Å². The van der Waals surface area contributed by atoms with Crippen molar-refractivity contribution in [3.63, 3.8) is 0 Å². The highest BCUT2D eigenvalue weighted by Gasteiger charge is 2.32. The molecule has 4 rings (SSSR count). The zero-order chi connectivity index (χ0) is 30.0. The zero-order valence-electron chi connectivity index (χ0n) is 24.4. The summed E-state index contributed by atoms with van der Waals surface area (Å²) in [5, 5.41) is 3.13. The molecule has 8 nitrogen and oxygen atoms in total. The molecule has 42 heavy (non-hydrogen) atoms. The number of nitrogens with zero attached hydrogens (tertiary/aromatic N) is 2. The van der Waals surface area contributed by atoms with Gasteiger partial charge in [0.2, 0.25) is 21.8 Å². The van der Waals surface area contributed by atoms with Crippen molar-refractivity contribution in [2.75, 3.05) is 23.7 Å². The summed E-state index contributed by atoms with van der Waals surface area (Å²) in [7, 11) is -3.81. The molecule has 0 unspecified atom stereocenters. The van der Waals surface area contributed by atoms with E-state index in [1.54, 1.807) is 29.2 Å². The number of anilines is 1. The Balaban J connectivity index is 1.51. The van der Waals surface area contributed by atoms with Crippen molar-refractivity contribution in [2.24, 2.45) is 0 Å². The van der Waals surface area contributed by atoms with Crippen LogP contribution in [0.2, 0.25) is 0 Å². The maximum atomic E-state index is 13.9. The van der Waals surface area contributed by atoms with Gasteiger partial charge in [0.05, 0.1) is 11.9 Å². The maximum Gasteiger partial charge on any atom is 0.244 e. The van der Waals surface area contributed by atoms with Crippen LogP contribution in [0.1, 0.15) is 50.2 Å². The monoisotopic (exact) mass is 591 g/mol. The van der Waals surface area contributed by atoms with E-state index in [1.165, 1.54) is 0 Å². The molecule has 0 radical (unpaired) electrons. The van der Waals surface area contributed by atoms with Gasteiger partial charge in [0, 0.05) is 12.6 Å². The number of sulfonamides is 1. The molecule has 3 aromatic carbocycles. The van der Waals surface area contributed by atoms with Gasteiger partial charge >= 0.3 is 0 Å². The van der Waals surface area contributed by atoms with Crippen molar-refractivity contribution in [3.8, 4) is 5.75 Å². The van der Waals surface area contributed by atoms with Gasteiger partial charge in [0.15, 0.2) is 0 Å². The van der Waals surface area contributed by atoms with E-state index in [-0.39, 0.29) is 11.9 Å². The smallest absolute Gasteiger partial charge is 0.244 e. The third kappa shape index (κ3) is 8.82. The van der Waals surface area contributed by atoms with E-state index < -0.39 is 28.5 Å². The van der Waals surface area contributed by atoms with Crippen molar-refractivity contribution >= 4 is 27.5 Å². The lowest BCUT2D eigenvalue weighted by Crippen LogP contribution is -2.54. The highest BCUT2D eigenvalue weighted by atomic mass is 32.2. The number of hydrogen-bond acceptors (Lipinski definition) is 5. The average molecular weight is 592 g/mol. The largest absolute Gasteiger partial charge is 0.489 e. The number of carbonyl (C=O) groups is 2. The summed E-state index contributed by atoms with van der Waals surface area (Å²) >= 11 is 0. The van der Waals surface area contributed by atoms with E-state index >= 15 is 0 Å². The Morgan fingerprint density at radius 2 is 1.50 bits per heavy atom. The molecule has 0 heterocycles. The zero-order valence-corrected chi connectivity index (χ0v) is 25.3. The number of rotatable bonds is 14. The van der Waals surface area contributed by atoms with Gasteiger partial charge in [-0.25, -0.2) is 8.42 Å². The van der Waals surface area contributed by atoms with E-state index in [1.807, 2.05) is 67.6 Å². The fraction of sp³-hybridized carbons (Fsp3) is 0.394. The third-order valence-corrected chi connectivity index (χ3v) is 8.76. The van der Waals surface area contributed by atoms with Gasteiger partial charge in [0.25, 0.3) is 0 Å². The molecular weight excluding hydrogens is 550 g/mol. The normalized spacial score (nSPS) is 14.2. The predicted octanol–water partition coefficient (Wildman–Crippen LogP) is 4.94. The molecule has 9 heteroatoms. The van der Waals surface area contributed by atoms with Gasteiger partial charge < -0.3 is 15.0 Å². The Hall–Kier alpha value is -3.85. The minimum atomic E-state index is -3.81. The summed E-state index contributed by atoms with van der Waals surface area (Å²) in [4.78, 5) is 28.8. The minimum Gasteiger partial charge on any atom is -0.489 e. The molecule has 0 saturated heterocycles. The second-order valence-corrected chi connectivity index (χ2v) is 12.7. The standard InChI is InChI=1S/C33H41N3O5S/c1-3-31(33(38)34-28-16-10-11-17-28)35(23-22-26-12-6-4-7-13-26)32(37)24-36(42(2,39)40)29-18-20-30(21-19-29)41-25-27-14-8-5-9-15-27/h4-9,12-15,18-21,28,31H,3,10-11,16-17,22-25H2,1-2H3,(H,34,38)/t31-/m0/s1. The summed E-state index contributed by atoms with van der Waals surface area (Å²) in [6, 6.07) is 25.6. The Morgan fingerprint density at radius 1 is 0.905 bits per heavy atom. The molecule has 1 aliphatic rings. The molecule has 0 aliphatic heterocycles. The van der Waals surface area contributed by atoms with E-state index in [9.17, 15) is 18.0 Å². The molecule has 0 spiro atoms. The lowest BCUT2D eigenvalue weighted by atomic mass is 10.1. The topological polar surface area (TPSA) is 96.0 Å². The lowest BCUT2D eigenvalue weighted by Gasteiger charge is -2.33. The maximum absolute atomic E-state index is 13.9. The van der Waals surface area contributed by atoms with Crippen molar-refractivity contribution in [2.45, 2.75) is 64.1 Å². The molecular formula is C33H41N3O5S. The van der Waals surface area contributed by atoms with Crippen LogP contribution < -0.4 is 14.4 Å². The number of ether oxygens (including phenoxy) is 1. The predicted molar refractivity (Wildman–Crippen MR) is 166 cm³/mol. The highest BCUT2D eigenvalue weighted by molar-refractivity contribution is 7.92. The minimum absolute atomic E-state index is 0.118. The molecule has 2 amide bonds. The van der Waals surface area contributed by atoms with E-state index in [2.05, 4.69) is 5.32 Å². The second kappa shape index (κ2) is 14.9. The summed E-state index contributed by atoms with van der Waals surface area (Å²) < 4.78 is 32.8. The van der Waals surface area contributed by atoms with Crippen LogP contribution in [0.25, 0.3) is 0 Å². The first-order valence-corrected chi connectivity index (χ1v) is 16.5. The van der Waals surface area contributed by atoms with E-state index in [0.717, 1.165) is 47.4 Å². The summed E-state index contributed by atoms with van der Waals surface area (Å²) in [6.07, 6.45) is 6.09. The van der Waals surface area contributed by atoms with Crippen molar-refractivity contribution in [3.05, 3.63) is 96.1 Å². The highest BCUT2D eigenvalue weighted by Crippen LogP contribution is 2.24. The van der Waals surface area contributed by atoms with Crippen molar-refractivity contribution in [1.29, 1.82) is 0 Å². The number of nitrogens with one attached hydrogen (secondary N) is 1. The Labute approximate surface area is 249 Å². The van der Waals surface area contributed by atoms with Gasteiger partial charge in [0.1, 0.15) is 24.9 Å². The fourth-order valence-corrected chi connectivity index (χ4v) is 6.18. The SMILES string of the molecule is CC[C@@H](C(=O)NC1CCCC1)N(CCc1ccccc1)C(=O)CN(c1ccc(OCc2ccccc2)cc1)S(C)(=O)=O. The first-order valence-electron chi connectivity index (χ1n) is 14.6. The second-order valence-electron chi connectivity index (χ2n) is 10.8. The summed E-state index contributed by atoms with van der Waals surface area (Å²) in [5.41, 5.74) is 2.40. The van der Waals surface area contributed by atoms with Crippen LogP contribution in [0.4, 0.5) is 5.69 Å². The molecule has 1 aliphatic carbocycles. The number of hydrogen-bond donors (Lipinski definition) is 1. The molecule has 1 N–H and O–H groups in total. The van der Waals surface area contributed by atoms with Crippen molar-refractivity contribution in [1.82, 2.24) is 10.2 Å². The van der Waals surface area contributed by atoms with Gasteiger partial charge in [-0.15, -0.1) is 0 Å². The number of amides is 2. The first kappa shape index (κ1) is 31.1. The van der Waals surface area contributed by atoms with Gasteiger partial charge in [-0.3, -0.25) is 13.9 Å². The molecule has 3 aromatic rings. The quantitative estimate of drug-likeness (QED) is 0.287. The number of benzene rings is 3. The molecule has 0 aromatic heterocycles. The van der Waals surface area contributed by atoms with Gasteiger partial charge in [-0.1, -0.05) is 80.4 Å². The van der Waals surface area contributed by atoms with E-state index in [0.29, 0.717) is 37.4 Å². The lowest BCUT2D eigenvalue weighted by molar-refractivity contribution is -0.139. The van der Waals surface area contributed by atoms with Crippen LogP contribution in [0, 0.1) is 0 Å². The van der Waals surface area contributed by atoms with Gasteiger partial charge in [-0.2, -0.15) is 0 Å². The summed E-state index contributed by atoms with van der Waals surface area (Å²) in [6.45, 7) is 2.14. The number of carbonyl (C=O) groups excluding carboxylic acids is 2. The Bertz CT molecular complexity index is 1390. The fourth-order valence-electron chi connectivity index (χ4n) is 5.33. The van der Waals surface area contributed by atoms with Crippen LogP contribution in [-0.4, -0.2) is 56.6 Å². The molecule has 224 valence electrons. The van der Waals surface area contributed by atoms with Crippen LogP contribution in [0.3, 0.4) is 0 Å². The Morgan fingerprint density at radius 3 is 2.07 bits per heavy atom. The van der Waals surface area contributed by atoms with Crippen LogP contribution in [0.5, 0.6) is 5.75 Å². The molecule has 1 atom stereocenters. The average Bonchev–Trinajstić information content (AvgIpc) is 3.50. The molecule has 1 saturated carbocycles.